The first-order valence-corrected chi connectivity index (χ1v) is 5.57. The van der Waals surface area contributed by atoms with Gasteiger partial charge in [-0.05, 0) is 11.6 Å². The van der Waals surface area contributed by atoms with Crippen molar-refractivity contribution in [2.45, 2.75) is 12.7 Å². The summed E-state index contributed by atoms with van der Waals surface area (Å²) in [6.07, 6.45) is -3.33. The molecule has 0 saturated carbocycles. The van der Waals surface area contributed by atoms with Crippen LogP contribution in [0.15, 0.2) is 30.5 Å². The molecule has 0 aliphatic carbocycles. The molecule has 0 aliphatic heterocycles. The van der Waals surface area contributed by atoms with Crippen molar-refractivity contribution in [2.24, 2.45) is 5.73 Å². The lowest BCUT2D eigenvalue weighted by molar-refractivity contribution is -0.138. The first kappa shape index (κ1) is 13.9. The summed E-state index contributed by atoms with van der Waals surface area (Å²) >= 11 is 0. The third-order valence-electron chi connectivity index (χ3n) is 2.79. The minimum Gasteiger partial charge on any atom is -0.383 e. The monoisotopic (exact) mass is 284 g/mol. The van der Waals surface area contributed by atoms with Crippen LogP contribution in [0.25, 0.3) is 0 Å². The molecule has 2 rings (SSSR count). The SMILES string of the molecule is NC(=O)c1cnn(Cc2ccccc2C(F)(F)F)c1N. The first-order valence-electron chi connectivity index (χ1n) is 5.57. The number of anilines is 1. The molecule has 0 fully saturated rings. The highest BCUT2D eigenvalue weighted by Crippen LogP contribution is 2.32. The van der Waals surface area contributed by atoms with Gasteiger partial charge in [0, 0.05) is 0 Å². The molecule has 20 heavy (non-hydrogen) atoms. The van der Waals surface area contributed by atoms with E-state index < -0.39 is 17.6 Å². The Morgan fingerprint density at radius 3 is 2.50 bits per heavy atom. The van der Waals surface area contributed by atoms with E-state index in [2.05, 4.69) is 5.10 Å². The molecule has 0 aliphatic rings. The van der Waals surface area contributed by atoms with E-state index in [0.29, 0.717) is 0 Å². The molecule has 1 aromatic carbocycles. The van der Waals surface area contributed by atoms with Crippen LogP contribution in [0, 0.1) is 0 Å². The molecule has 2 aromatic rings. The number of nitrogens with zero attached hydrogens (tertiary/aromatic N) is 2. The van der Waals surface area contributed by atoms with E-state index in [-0.39, 0.29) is 23.5 Å². The summed E-state index contributed by atoms with van der Waals surface area (Å²) in [4.78, 5) is 11.0. The molecular weight excluding hydrogens is 273 g/mol. The molecule has 0 spiro atoms. The normalized spacial score (nSPS) is 11.6. The highest BCUT2D eigenvalue weighted by molar-refractivity contribution is 5.96. The summed E-state index contributed by atoms with van der Waals surface area (Å²) in [6, 6.07) is 5.09. The lowest BCUT2D eigenvalue weighted by atomic mass is 10.1. The van der Waals surface area contributed by atoms with Crippen molar-refractivity contribution >= 4 is 11.7 Å². The van der Waals surface area contributed by atoms with Crippen molar-refractivity contribution in [3.8, 4) is 0 Å². The fraction of sp³-hybridized carbons (Fsp3) is 0.167. The number of alkyl halides is 3. The minimum absolute atomic E-state index is 0.00539. The van der Waals surface area contributed by atoms with Crippen LogP contribution in [0.4, 0.5) is 19.0 Å². The maximum absolute atomic E-state index is 12.9. The summed E-state index contributed by atoms with van der Waals surface area (Å²) in [6.45, 7) is -0.200. The van der Waals surface area contributed by atoms with Gasteiger partial charge in [-0.15, -0.1) is 0 Å². The Bertz CT molecular complexity index is 648. The van der Waals surface area contributed by atoms with Crippen molar-refractivity contribution in [1.29, 1.82) is 0 Å². The standard InChI is InChI=1S/C12H11F3N4O/c13-12(14,15)9-4-2-1-3-7(9)6-19-10(16)8(5-18-19)11(17)20/h1-5H,6,16H2,(H2,17,20). The molecule has 5 nitrogen and oxygen atoms in total. The van der Waals surface area contributed by atoms with Crippen LogP contribution in [-0.2, 0) is 12.7 Å². The maximum Gasteiger partial charge on any atom is 0.416 e. The minimum atomic E-state index is -4.47. The Morgan fingerprint density at radius 2 is 1.95 bits per heavy atom. The van der Waals surface area contributed by atoms with Crippen LogP contribution < -0.4 is 11.5 Å². The van der Waals surface area contributed by atoms with Gasteiger partial charge in [0.2, 0.25) is 0 Å². The van der Waals surface area contributed by atoms with Crippen LogP contribution in [0.5, 0.6) is 0 Å². The van der Waals surface area contributed by atoms with Crippen LogP contribution >= 0.6 is 0 Å². The van der Waals surface area contributed by atoms with Gasteiger partial charge in [-0.3, -0.25) is 4.79 Å². The molecule has 106 valence electrons. The molecular formula is C12H11F3N4O. The third-order valence-corrected chi connectivity index (χ3v) is 2.79. The molecule has 4 N–H and O–H groups in total. The van der Waals surface area contributed by atoms with E-state index in [1.165, 1.54) is 18.2 Å². The number of amides is 1. The zero-order chi connectivity index (χ0) is 14.9. The first-order chi connectivity index (χ1) is 9.30. The Hall–Kier alpha value is -2.51. The molecule has 1 heterocycles. The number of nitrogens with two attached hydrogens (primary N) is 2. The molecule has 0 radical (unpaired) electrons. The molecule has 0 atom stereocenters. The van der Waals surface area contributed by atoms with Crippen molar-refractivity contribution in [1.82, 2.24) is 9.78 Å². The lowest BCUT2D eigenvalue weighted by Crippen LogP contribution is -2.16. The van der Waals surface area contributed by atoms with Crippen LogP contribution in [0.1, 0.15) is 21.5 Å². The number of carbonyl (C=O) groups excluding carboxylic acids is 1. The Kier molecular flexibility index (Phi) is 3.39. The molecule has 1 aromatic heterocycles. The van der Waals surface area contributed by atoms with E-state index in [0.717, 1.165) is 16.9 Å². The van der Waals surface area contributed by atoms with E-state index >= 15 is 0 Å². The zero-order valence-electron chi connectivity index (χ0n) is 10.2. The van der Waals surface area contributed by atoms with Crippen LogP contribution in [0.2, 0.25) is 0 Å². The van der Waals surface area contributed by atoms with Gasteiger partial charge in [0.05, 0.1) is 18.3 Å². The predicted molar refractivity (Wildman–Crippen MR) is 65.7 cm³/mol. The smallest absolute Gasteiger partial charge is 0.383 e. The highest BCUT2D eigenvalue weighted by Gasteiger charge is 2.33. The number of nitrogen functional groups attached to an aromatic ring is 1. The molecule has 8 heteroatoms. The summed E-state index contributed by atoms with van der Waals surface area (Å²) in [7, 11) is 0. The quantitative estimate of drug-likeness (QED) is 0.898. The number of aromatic nitrogens is 2. The van der Waals surface area contributed by atoms with Crippen molar-refractivity contribution in [3.63, 3.8) is 0 Å². The van der Waals surface area contributed by atoms with E-state index in [1.54, 1.807) is 0 Å². The van der Waals surface area contributed by atoms with Gasteiger partial charge < -0.3 is 11.5 Å². The van der Waals surface area contributed by atoms with Gasteiger partial charge in [0.1, 0.15) is 11.4 Å². The number of hydrogen-bond donors (Lipinski definition) is 2. The third kappa shape index (κ3) is 2.58. The predicted octanol–water partition coefficient (Wildman–Crippen LogP) is 1.63. The number of benzene rings is 1. The Balaban J connectivity index is 2.39. The van der Waals surface area contributed by atoms with Gasteiger partial charge in [-0.1, -0.05) is 18.2 Å². The van der Waals surface area contributed by atoms with E-state index in [9.17, 15) is 18.0 Å². The number of carbonyl (C=O) groups is 1. The van der Waals surface area contributed by atoms with Gasteiger partial charge in [-0.2, -0.15) is 18.3 Å². The second kappa shape index (κ2) is 4.87. The van der Waals surface area contributed by atoms with Crippen molar-refractivity contribution in [3.05, 3.63) is 47.2 Å². The van der Waals surface area contributed by atoms with Crippen LogP contribution in [0.3, 0.4) is 0 Å². The lowest BCUT2D eigenvalue weighted by Gasteiger charge is -2.13. The summed E-state index contributed by atoms with van der Waals surface area (Å²) in [5.74, 6) is -0.840. The second-order valence-corrected chi connectivity index (χ2v) is 4.12. The fourth-order valence-electron chi connectivity index (χ4n) is 1.81. The summed E-state index contributed by atoms with van der Waals surface area (Å²) in [5, 5.41) is 3.78. The fourth-order valence-corrected chi connectivity index (χ4v) is 1.81. The number of primary amides is 1. The Morgan fingerprint density at radius 1 is 1.30 bits per heavy atom. The molecule has 1 amide bonds. The topological polar surface area (TPSA) is 86.9 Å². The molecule has 0 saturated heterocycles. The summed E-state index contributed by atoms with van der Waals surface area (Å²) < 4.78 is 39.7. The van der Waals surface area contributed by atoms with E-state index in [1.807, 2.05) is 0 Å². The second-order valence-electron chi connectivity index (χ2n) is 4.12. The number of hydrogen-bond acceptors (Lipinski definition) is 3. The summed E-state index contributed by atoms with van der Waals surface area (Å²) in [5.41, 5.74) is 9.92. The van der Waals surface area contributed by atoms with Crippen LogP contribution in [-0.4, -0.2) is 15.7 Å². The zero-order valence-corrected chi connectivity index (χ0v) is 10.2. The van der Waals surface area contributed by atoms with E-state index in [4.69, 9.17) is 11.5 Å². The van der Waals surface area contributed by atoms with Gasteiger partial charge in [-0.25, -0.2) is 4.68 Å². The largest absolute Gasteiger partial charge is 0.416 e. The van der Waals surface area contributed by atoms with Gasteiger partial charge in [0.25, 0.3) is 5.91 Å². The van der Waals surface area contributed by atoms with Gasteiger partial charge in [0.15, 0.2) is 0 Å². The number of rotatable bonds is 3. The maximum atomic E-state index is 12.9. The average molecular weight is 284 g/mol. The molecule has 0 unspecified atom stereocenters. The van der Waals surface area contributed by atoms with Crippen molar-refractivity contribution in [2.75, 3.05) is 5.73 Å². The molecule has 0 bridgehead atoms. The van der Waals surface area contributed by atoms with Crippen molar-refractivity contribution < 1.29 is 18.0 Å². The Labute approximate surface area is 112 Å². The highest BCUT2D eigenvalue weighted by atomic mass is 19.4. The average Bonchev–Trinajstić information content (AvgIpc) is 2.70. The van der Waals surface area contributed by atoms with Gasteiger partial charge >= 0.3 is 6.18 Å². The number of halogens is 3.